The Labute approximate surface area is 162 Å². The first-order valence-corrected chi connectivity index (χ1v) is 10.0. The molecule has 0 atom stereocenters. The van der Waals surface area contributed by atoms with E-state index >= 15 is 0 Å². The number of carbonyl (C=O) groups is 2. The van der Waals surface area contributed by atoms with Gasteiger partial charge in [0.05, 0.1) is 24.1 Å². The van der Waals surface area contributed by atoms with Crippen molar-refractivity contribution in [1.82, 2.24) is 4.31 Å². The molecule has 1 N–H and O–H groups in total. The second-order valence-corrected chi connectivity index (χ2v) is 8.22. The molecule has 0 bridgehead atoms. The van der Waals surface area contributed by atoms with Gasteiger partial charge in [-0.25, -0.2) is 8.42 Å². The van der Waals surface area contributed by atoms with Gasteiger partial charge in [-0.2, -0.15) is 4.31 Å². The van der Waals surface area contributed by atoms with Gasteiger partial charge in [-0.05, 0) is 42.3 Å². The van der Waals surface area contributed by atoms with Gasteiger partial charge in [0.2, 0.25) is 10.0 Å². The maximum absolute atomic E-state index is 12.9. The van der Waals surface area contributed by atoms with Crippen molar-refractivity contribution in [3.05, 3.63) is 59.2 Å². The van der Waals surface area contributed by atoms with Gasteiger partial charge in [0.1, 0.15) is 0 Å². The molecule has 0 aliphatic carbocycles. The fraction of sp³-hybridized carbons (Fsp3) is 0.263. The summed E-state index contributed by atoms with van der Waals surface area (Å²) in [4.78, 5) is 23.4. The first-order valence-electron chi connectivity index (χ1n) is 8.60. The van der Waals surface area contributed by atoms with Crippen molar-refractivity contribution >= 4 is 27.6 Å². The van der Waals surface area contributed by atoms with E-state index in [0.717, 1.165) is 0 Å². The average molecular weight is 403 g/mol. The van der Waals surface area contributed by atoms with Gasteiger partial charge in [-0.15, -0.1) is 0 Å². The Morgan fingerprint density at radius 3 is 2.25 bits per heavy atom. The van der Waals surface area contributed by atoms with Crippen molar-refractivity contribution in [3.8, 4) is 0 Å². The zero-order valence-electron chi connectivity index (χ0n) is 15.2. The lowest BCUT2D eigenvalue weighted by Crippen LogP contribution is -2.40. The summed E-state index contributed by atoms with van der Waals surface area (Å²) in [5.74, 6) is -1.81. The average Bonchev–Trinajstić information content (AvgIpc) is 2.69. The number of nitrogens with one attached hydrogen (secondary N) is 1. The first kappa shape index (κ1) is 20.0. The van der Waals surface area contributed by atoms with E-state index in [0.29, 0.717) is 24.5 Å². The third-order valence-electron chi connectivity index (χ3n) is 4.42. The topological polar surface area (TPSA) is 116 Å². The molecule has 1 aliphatic rings. The van der Waals surface area contributed by atoms with Crippen LogP contribution in [0.3, 0.4) is 0 Å². The maximum atomic E-state index is 12.9. The number of aromatic carboxylic acids is 1. The van der Waals surface area contributed by atoms with Crippen LogP contribution in [0.4, 0.5) is 5.69 Å². The molecular formula is C19H19N2O6S-. The van der Waals surface area contributed by atoms with Crippen LogP contribution in [0.15, 0.2) is 47.4 Å². The lowest BCUT2D eigenvalue weighted by Gasteiger charge is -2.26. The number of carboxylic acids is 1. The highest BCUT2D eigenvalue weighted by atomic mass is 32.2. The molecular weight excluding hydrogens is 384 g/mol. The predicted octanol–water partition coefficient (Wildman–Crippen LogP) is 0.632. The fourth-order valence-electron chi connectivity index (χ4n) is 2.84. The molecule has 2 aromatic rings. The molecule has 9 heteroatoms. The van der Waals surface area contributed by atoms with Crippen LogP contribution in [0.1, 0.15) is 26.3 Å². The van der Waals surface area contributed by atoms with Crippen LogP contribution in [0.25, 0.3) is 0 Å². The third-order valence-corrected chi connectivity index (χ3v) is 6.46. The predicted molar refractivity (Wildman–Crippen MR) is 99.5 cm³/mol. The Kier molecular flexibility index (Phi) is 5.78. The fourth-order valence-corrected chi connectivity index (χ4v) is 4.50. The van der Waals surface area contributed by atoms with Gasteiger partial charge in [-0.3, -0.25) is 4.79 Å². The molecule has 0 unspecified atom stereocenters. The number of anilines is 1. The van der Waals surface area contributed by atoms with Crippen LogP contribution in [0.5, 0.6) is 0 Å². The van der Waals surface area contributed by atoms with Gasteiger partial charge in [0.15, 0.2) is 0 Å². The number of ether oxygens (including phenoxy) is 1. The summed E-state index contributed by atoms with van der Waals surface area (Å²) in [5, 5.41) is 13.4. The number of carboxylic acid groups (broad SMARTS) is 1. The van der Waals surface area contributed by atoms with E-state index in [1.807, 2.05) is 0 Å². The summed E-state index contributed by atoms with van der Waals surface area (Å²) in [6, 6.07) is 9.97. The van der Waals surface area contributed by atoms with Crippen LogP contribution < -0.4 is 10.4 Å². The number of morpholine rings is 1. The summed E-state index contributed by atoms with van der Waals surface area (Å²) < 4.78 is 32.4. The van der Waals surface area contributed by atoms with Crippen LogP contribution >= 0.6 is 0 Å². The summed E-state index contributed by atoms with van der Waals surface area (Å²) >= 11 is 0. The van der Waals surface area contributed by atoms with E-state index in [1.165, 1.54) is 34.6 Å². The molecule has 1 aliphatic heterocycles. The molecule has 1 fully saturated rings. The number of benzene rings is 2. The minimum atomic E-state index is -3.74. The van der Waals surface area contributed by atoms with Crippen molar-refractivity contribution in [1.29, 1.82) is 0 Å². The highest BCUT2D eigenvalue weighted by molar-refractivity contribution is 7.89. The summed E-state index contributed by atoms with van der Waals surface area (Å²) in [7, 11) is -3.74. The second-order valence-electron chi connectivity index (χ2n) is 6.32. The molecule has 2 aromatic carbocycles. The van der Waals surface area contributed by atoms with E-state index in [2.05, 4.69) is 5.32 Å². The number of rotatable bonds is 5. The summed E-state index contributed by atoms with van der Waals surface area (Å²) in [5.41, 5.74) is 1.10. The number of aryl methyl sites for hydroxylation is 1. The molecule has 8 nitrogen and oxygen atoms in total. The molecule has 0 saturated carbocycles. The van der Waals surface area contributed by atoms with E-state index < -0.39 is 21.9 Å². The Hall–Kier alpha value is -2.75. The molecule has 148 valence electrons. The van der Waals surface area contributed by atoms with Crippen LogP contribution in [-0.2, 0) is 14.8 Å². The van der Waals surface area contributed by atoms with Crippen LogP contribution in [0, 0.1) is 6.92 Å². The molecule has 0 spiro atoms. The largest absolute Gasteiger partial charge is 0.545 e. The molecule has 0 radical (unpaired) electrons. The quantitative estimate of drug-likeness (QED) is 0.783. The van der Waals surface area contributed by atoms with Crippen LogP contribution in [-0.4, -0.2) is 50.9 Å². The third kappa shape index (κ3) is 4.22. The molecule has 3 rings (SSSR count). The normalized spacial score (nSPS) is 15.2. The van der Waals surface area contributed by atoms with Crippen molar-refractivity contribution in [3.63, 3.8) is 0 Å². The van der Waals surface area contributed by atoms with Gasteiger partial charge in [-0.1, -0.05) is 18.2 Å². The van der Waals surface area contributed by atoms with Gasteiger partial charge >= 0.3 is 0 Å². The van der Waals surface area contributed by atoms with Gasteiger partial charge in [0, 0.05) is 24.3 Å². The van der Waals surface area contributed by atoms with Crippen molar-refractivity contribution in [2.24, 2.45) is 0 Å². The standard InChI is InChI=1S/C19H20N2O6S/c1-13-2-3-15(12-17(13)28(25,26)21-8-10-27-11-9-21)18(22)20-16-6-4-14(5-7-16)19(23)24/h2-7,12H,8-11H2,1H3,(H,20,22)(H,23,24)/p-1. The van der Waals surface area contributed by atoms with Gasteiger partial charge < -0.3 is 20.0 Å². The Bertz CT molecular complexity index is 996. The highest BCUT2D eigenvalue weighted by Gasteiger charge is 2.28. The summed E-state index contributed by atoms with van der Waals surface area (Å²) in [6.45, 7) is 2.88. The maximum Gasteiger partial charge on any atom is 0.255 e. The number of carbonyl (C=O) groups excluding carboxylic acids is 2. The highest BCUT2D eigenvalue weighted by Crippen LogP contribution is 2.23. The number of amides is 1. The Morgan fingerprint density at radius 1 is 1.04 bits per heavy atom. The van der Waals surface area contributed by atoms with E-state index in [1.54, 1.807) is 19.1 Å². The zero-order chi connectivity index (χ0) is 20.3. The number of sulfonamides is 1. The van der Waals surface area contributed by atoms with Crippen molar-refractivity contribution < 1.29 is 27.9 Å². The lowest BCUT2D eigenvalue weighted by molar-refractivity contribution is -0.255. The minimum absolute atomic E-state index is 0.00720. The number of hydrogen-bond acceptors (Lipinski definition) is 6. The molecule has 1 amide bonds. The van der Waals surface area contributed by atoms with E-state index in [9.17, 15) is 23.1 Å². The molecule has 28 heavy (non-hydrogen) atoms. The minimum Gasteiger partial charge on any atom is -0.545 e. The molecule has 0 aromatic heterocycles. The number of nitrogens with zero attached hydrogens (tertiary/aromatic N) is 1. The molecule has 1 heterocycles. The van der Waals surface area contributed by atoms with Crippen LogP contribution in [0.2, 0.25) is 0 Å². The van der Waals surface area contributed by atoms with E-state index in [-0.39, 0.29) is 29.1 Å². The monoisotopic (exact) mass is 403 g/mol. The van der Waals surface area contributed by atoms with Crippen molar-refractivity contribution in [2.75, 3.05) is 31.6 Å². The SMILES string of the molecule is Cc1ccc(C(=O)Nc2ccc(C(=O)[O-])cc2)cc1S(=O)(=O)N1CCOCC1. The summed E-state index contributed by atoms with van der Waals surface area (Å²) in [6.07, 6.45) is 0. The second kappa shape index (κ2) is 8.09. The zero-order valence-corrected chi connectivity index (χ0v) is 16.0. The lowest BCUT2D eigenvalue weighted by atomic mass is 10.1. The Balaban J connectivity index is 1.83. The first-order chi connectivity index (χ1) is 13.3. The molecule has 1 saturated heterocycles. The Morgan fingerprint density at radius 2 is 1.64 bits per heavy atom. The van der Waals surface area contributed by atoms with Crippen molar-refractivity contribution in [2.45, 2.75) is 11.8 Å². The smallest absolute Gasteiger partial charge is 0.255 e. The van der Waals surface area contributed by atoms with E-state index in [4.69, 9.17) is 4.74 Å². The van der Waals surface area contributed by atoms with Gasteiger partial charge in [0.25, 0.3) is 5.91 Å². The number of hydrogen-bond donors (Lipinski definition) is 1.